The zero-order valence-corrected chi connectivity index (χ0v) is 25.5. The third-order valence-electron chi connectivity index (χ3n) is 7.95. The second kappa shape index (κ2) is 12.8. The van der Waals surface area contributed by atoms with Gasteiger partial charge in [0, 0.05) is 18.5 Å². The molecule has 2 aliphatic carbocycles. The first-order valence-corrected chi connectivity index (χ1v) is 14.5. The van der Waals surface area contributed by atoms with Crippen molar-refractivity contribution in [2.45, 2.75) is 64.2 Å². The Bertz CT molecular complexity index is 1610. The number of alkyl halides is 6. The number of nitrogens with one attached hydrogen (secondary N) is 1. The standard InChI is InChI=1S/C29H27F6N3O2.C4H6O2/c1-16-7-5-6-8-21(16)22-14-24(37-25(39)17-9-10-17)36-15-23(22)38(4)26(40)27(2,3)18-11-19(28(30,31)32)13-20(12-18)29(33,34)35;5-4(6)3-1-2-3/h5-8,11-15,17H,9-10H2,1-4H3,(H,36,37,39);3H,1-2H2,(H,5,6). The van der Waals surface area contributed by atoms with Crippen LogP contribution in [0.5, 0.6) is 0 Å². The second-order valence-corrected chi connectivity index (χ2v) is 12.1. The van der Waals surface area contributed by atoms with Crippen LogP contribution in [0.3, 0.4) is 0 Å². The highest BCUT2D eigenvalue weighted by molar-refractivity contribution is 6.04. The van der Waals surface area contributed by atoms with Gasteiger partial charge in [-0.05, 0) is 87.4 Å². The zero-order valence-electron chi connectivity index (χ0n) is 25.5. The van der Waals surface area contributed by atoms with Gasteiger partial charge in [0.2, 0.25) is 11.8 Å². The Morgan fingerprint density at radius 2 is 1.35 bits per heavy atom. The summed E-state index contributed by atoms with van der Waals surface area (Å²) < 4.78 is 81.1. The van der Waals surface area contributed by atoms with Gasteiger partial charge in [-0.15, -0.1) is 0 Å². The lowest BCUT2D eigenvalue weighted by Gasteiger charge is -2.32. The number of aliphatic carboxylic acids is 1. The largest absolute Gasteiger partial charge is 0.481 e. The van der Waals surface area contributed by atoms with E-state index in [0.717, 1.165) is 36.1 Å². The molecular weight excluding hydrogens is 616 g/mol. The number of amides is 2. The number of aryl methyl sites for hydroxylation is 1. The van der Waals surface area contributed by atoms with Crippen LogP contribution in [-0.2, 0) is 32.2 Å². The molecular formula is C33H33F6N3O4. The minimum Gasteiger partial charge on any atom is -0.481 e. The maximum absolute atomic E-state index is 13.8. The number of hydrogen-bond donors (Lipinski definition) is 2. The molecule has 246 valence electrons. The van der Waals surface area contributed by atoms with Crippen molar-refractivity contribution in [1.29, 1.82) is 0 Å². The Kier molecular flexibility index (Phi) is 9.56. The number of aromatic nitrogens is 1. The smallest absolute Gasteiger partial charge is 0.416 e. The SMILES string of the molecule is Cc1ccccc1-c1cc(NC(=O)C2CC2)ncc1N(C)C(=O)C(C)(C)c1cc(C(F)(F)F)cc(C(F)(F)F)c1.O=C(O)C1CC1. The van der Waals surface area contributed by atoms with Crippen molar-refractivity contribution in [3.8, 4) is 11.1 Å². The molecule has 2 fully saturated rings. The number of carbonyl (C=O) groups is 3. The summed E-state index contributed by atoms with van der Waals surface area (Å²) in [6.45, 7) is 4.38. The van der Waals surface area contributed by atoms with Crippen LogP contribution in [-0.4, -0.2) is 34.9 Å². The van der Waals surface area contributed by atoms with Crippen molar-refractivity contribution in [2.75, 3.05) is 17.3 Å². The lowest BCUT2D eigenvalue weighted by molar-refractivity contribution is -0.143. The Morgan fingerprint density at radius 1 is 0.826 bits per heavy atom. The van der Waals surface area contributed by atoms with Crippen molar-refractivity contribution in [3.05, 3.63) is 77.0 Å². The van der Waals surface area contributed by atoms with Crippen LogP contribution in [0.4, 0.5) is 37.8 Å². The van der Waals surface area contributed by atoms with Gasteiger partial charge >= 0.3 is 18.3 Å². The summed E-state index contributed by atoms with van der Waals surface area (Å²) in [6, 6.07) is 10.0. The maximum Gasteiger partial charge on any atom is 0.416 e. The second-order valence-electron chi connectivity index (χ2n) is 12.1. The van der Waals surface area contributed by atoms with Crippen LogP contribution in [0.1, 0.15) is 61.8 Å². The molecule has 3 aromatic rings. The first-order chi connectivity index (χ1) is 21.3. The fourth-order valence-corrected chi connectivity index (χ4v) is 4.75. The van der Waals surface area contributed by atoms with E-state index < -0.39 is 46.3 Å². The molecule has 13 heteroatoms. The topological polar surface area (TPSA) is 99.6 Å². The highest BCUT2D eigenvalue weighted by atomic mass is 19.4. The molecule has 0 bridgehead atoms. The number of nitrogens with zero attached hydrogens (tertiary/aromatic N) is 2. The van der Waals surface area contributed by atoms with E-state index in [2.05, 4.69) is 10.3 Å². The van der Waals surface area contributed by atoms with Crippen LogP contribution >= 0.6 is 0 Å². The minimum absolute atomic E-state index is 0.0185. The monoisotopic (exact) mass is 649 g/mol. The minimum atomic E-state index is -5.05. The number of carboxylic acid groups (broad SMARTS) is 1. The molecule has 5 rings (SSSR count). The first kappa shape index (κ1) is 34.5. The molecule has 0 atom stereocenters. The average molecular weight is 650 g/mol. The number of hydrogen-bond acceptors (Lipinski definition) is 4. The Balaban J connectivity index is 0.000000717. The summed E-state index contributed by atoms with van der Waals surface area (Å²) in [5.74, 6) is -1.37. The summed E-state index contributed by atoms with van der Waals surface area (Å²) in [7, 11) is 1.38. The number of halogens is 6. The van der Waals surface area contributed by atoms with Crippen molar-refractivity contribution in [3.63, 3.8) is 0 Å². The Hall–Kier alpha value is -4.42. The summed E-state index contributed by atoms with van der Waals surface area (Å²) in [4.78, 5) is 41.3. The van der Waals surface area contributed by atoms with Crippen LogP contribution in [0, 0.1) is 18.8 Å². The zero-order chi connectivity index (χ0) is 34.2. The predicted molar refractivity (Wildman–Crippen MR) is 159 cm³/mol. The maximum atomic E-state index is 13.8. The quantitative estimate of drug-likeness (QED) is 0.254. The third kappa shape index (κ3) is 8.04. The summed E-state index contributed by atoms with van der Waals surface area (Å²) in [5, 5.41) is 10.8. The highest BCUT2D eigenvalue weighted by Crippen LogP contribution is 2.41. The van der Waals surface area contributed by atoms with Gasteiger partial charge in [-0.25, -0.2) is 4.98 Å². The summed E-state index contributed by atoms with van der Waals surface area (Å²) >= 11 is 0. The average Bonchev–Trinajstić information content (AvgIpc) is 3.88. The fraction of sp³-hybridized carbons (Fsp3) is 0.394. The first-order valence-electron chi connectivity index (χ1n) is 14.5. The molecule has 0 radical (unpaired) electrons. The third-order valence-corrected chi connectivity index (χ3v) is 7.95. The van der Waals surface area contributed by atoms with Crippen molar-refractivity contribution < 1.29 is 45.8 Å². The van der Waals surface area contributed by atoms with Crippen molar-refractivity contribution in [2.24, 2.45) is 11.8 Å². The van der Waals surface area contributed by atoms with Gasteiger partial charge in [0.15, 0.2) is 0 Å². The van der Waals surface area contributed by atoms with E-state index in [-0.39, 0.29) is 35.3 Å². The normalized spacial score (nSPS) is 15.0. The van der Waals surface area contributed by atoms with Gasteiger partial charge in [0.25, 0.3) is 0 Å². The van der Waals surface area contributed by atoms with Crippen LogP contribution < -0.4 is 10.2 Å². The van der Waals surface area contributed by atoms with E-state index in [1.807, 2.05) is 19.1 Å². The van der Waals surface area contributed by atoms with E-state index in [4.69, 9.17) is 5.11 Å². The number of carboxylic acids is 1. The summed E-state index contributed by atoms with van der Waals surface area (Å²) in [6.07, 6.45) is -5.39. The molecule has 2 amide bonds. The van der Waals surface area contributed by atoms with Crippen molar-refractivity contribution >= 4 is 29.3 Å². The highest BCUT2D eigenvalue weighted by Gasteiger charge is 2.41. The number of likely N-dealkylation sites (N-methyl/N-ethyl adjacent to an activating group) is 1. The molecule has 2 saturated carbocycles. The number of benzene rings is 2. The van der Waals surface area contributed by atoms with E-state index >= 15 is 0 Å². The predicted octanol–water partition coefficient (Wildman–Crippen LogP) is 7.86. The molecule has 0 unspecified atom stereocenters. The molecule has 2 aromatic carbocycles. The lowest BCUT2D eigenvalue weighted by atomic mass is 9.81. The lowest BCUT2D eigenvalue weighted by Crippen LogP contribution is -2.42. The molecule has 2 aliphatic rings. The Labute approximate surface area is 261 Å². The molecule has 1 heterocycles. The van der Waals surface area contributed by atoms with E-state index in [9.17, 15) is 40.7 Å². The van der Waals surface area contributed by atoms with Gasteiger partial charge in [0.05, 0.1) is 34.3 Å². The van der Waals surface area contributed by atoms with Gasteiger partial charge < -0.3 is 15.3 Å². The molecule has 1 aromatic heterocycles. The molecule has 7 nitrogen and oxygen atoms in total. The van der Waals surface area contributed by atoms with Crippen molar-refractivity contribution in [1.82, 2.24) is 4.98 Å². The number of carbonyl (C=O) groups excluding carboxylic acids is 2. The van der Waals surface area contributed by atoms with Gasteiger partial charge in [-0.2, -0.15) is 26.3 Å². The molecule has 0 aliphatic heterocycles. The number of pyridine rings is 1. The van der Waals surface area contributed by atoms with E-state index in [1.165, 1.54) is 27.1 Å². The fourth-order valence-electron chi connectivity index (χ4n) is 4.75. The van der Waals surface area contributed by atoms with Gasteiger partial charge in [-0.1, -0.05) is 24.3 Å². The molecule has 0 saturated heterocycles. The Morgan fingerprint density at radius 3 is 1.80 bits per heavy atom. The summed E-state index contributed by atoms with van der Waals surface area (Å²) in [5.41, 5.74) is -2.92. The van der Waals surface area contributed by atoms with E-state index in [0.29, 0.717) is 23.3 Å². The molecule has 2 N–H and O–H groups in total. The number of rotatable bonds is 7. The molecule has 46 heavy (non-hydrogen) atoms. The van der Waals surface area contributed by atoms with Crippen LogP contribution in [0.25, 0.3) is 11.1 Å². The van der Waals surface area contributed by atoms with Gasteiger partial charge in [0.1, 0.15) is 5.82 Å². The van der Waals surface area contributed by atoms with Crippen LogP contribution in [0.2, 0.25) is 0 Å². The van der Waals surface area contributed by atoms with E-state index in [1.54, 1.807) is 18.2 Å². The number of anilines is 2. The van der Waals surface area contributed by atoms with Crippen LogP contribution in [0.15, 0.2) is 54.7 Å². The van der Waals surface area contributed by atoms with Gasteiger partial charge in [-0.3, -0.25) is 14.4 Å². The molecule has 0 spiro atoms.